The Balaban J connectivity index is 2.09. The molecule has 0 amide bonds. The summed E-state index contributed by atoms with van der Waals surface area (Å²) in [6, 6.07) is 2.04. The van der Waals surface area contributed by atoms with Gasteiger partial charge in [-0.2, -0.15) is 0 Å². The molecule has 1 unspecified atom stereocenters. The SMILES string of the molecule is CCCS(=O)Nc1ccc(F)c(C(=O)c2c[nH]c3ncnc(NN)c23)c1F. The second-order valence-electron chi connectivity index (χ2n) is 5.56. The van der Waals surface area contributed by atoms with Crippen molar-refractivity contribution in [2.45, 2.75) is 13.3 Å². The van der Waals surface area contributed by atoms with Crippen molar-refractivity contribution in [3.8, 4) is 0 Å². The number of carbonyl (C=O) groups is 1. The summed E-state index contributed by atoms with van der Waals surface area (Å²) in [5, 5.41) is 0.205. The fourth-order valence-corrected chi connectivity index (χ4v) is 3.46. The molecule has 0 radical (unpaired) electrons. The Labute approximate surface area is 155 Å². The van der Waals surface area contributed by atoms with Gasteiger partial charge in [0.25, 0.3) is 0 Å². The standard InChI is InChI=1S/C16H16F2N6O2S/c1-2-5-27(26)24-10-4-3-9(17)12(13(10)18)14(25)8-6-20-15-11(8)16(23-19)22-7-21-15/h3-4,6-7,24H,2,5,19H2,1H3,(H2,20,21,22,23). The van der Waals surface area contributed by atoms with E-state index < -0.39 is 34.0 Å². The highest BCUT2D eigenvalue weighted by Crippen LogP contribution is 2.29. The largest absolute Gasteiger partial charge is 0.345 e. The molecule has 2 heterocycles. The highest BCUT2D eigenvalue weighted by Gasteiger charge is 2.26. The van der Waals surface area contributed by atoms with Crippen LogP contribution in [-0.2, 0) is 11.0 Å². The Kier molecular flexibility index (Phi) is 5.42. The summed E-state index contributed by atoms with van der Waals surface area (Å²) in [7, 11) is -1.55. The van der Waals surface area contributed by atoms with Crippen LogP contribution in [0.5, 0.6) is 0 Å². The molecule has 3 rings (SSSR count). The minimum absolute atomic E-state index is 0.0526. The van der Waals surface area contributed by atoms with Crippen LogP contribution in [-0.4, -0.2) is 30.7 Å². The van der Waals surface area contributed by atoms with Crippen LogP contribution in [0.15, 0.2) is 24.7 Å². The van der Waals surface area contributed by atoms with Gasteiger partial charge in [0.05, 0.1) is 22.2 Å². The van der Waals surface area contributed by atoms with Gasteiger partial charge in [0.15, 0.2) is 11.6 Å². The number of nitrogens with two attached hydrogens (primary N) is 1. The summed E-state index contributed by atoms with van der Waals surface area (Å²) in [5.74, 6) is 2.71. The number of hydrogen-bond acceptors (Lipinski definition) is 6. The third kappa shape index (κ3) is 3.51. The summed E-state index contributed by atoms with van der Waals surface area (Å²) < 4.78 is 43.4. The predicted octanol–water partition coefficient (Wildman–Crippen LogP) is 2.24. The topological polar surface area (TPSA) is 126 Å². The number of H-pyrrole nitrogens is 1. The van der Waals surface area contributed by atoms with Gasteiger partial charge in [0.1, 0.15) is 28.8 Å². The number of nitrogen functional groups attached to an aromatic ring is 1. The zero-order valence-corrected chi connectivity index (χ0v) is 15.0. The van der Waals surface area contributed by atoms with Gasteiger partial charge >= 0.3 is 0 Å². The number of halogens is 2. The molecule has 8 nitrogen and oxygen atoms in total. The van der Waals surface area contributed by atoms with Crippen molar-refractivity contribution in [1.82, 2.24) is 15.0 Å². The van der Waals surface area contributed by atoms with E-state index in [1.165, 1.54) is 12.5 Å². The first-order chi connectivity index (χ1) is 13.0. The molecule has 0 aliphatic heterocycles. The Morgan fingerprint density at radius 3 is 2.81 bits per heavy atom. The molecule has 1 atom stereocenters. The van der Waals surface area contributed by atoms with Crippen molar-refractivity contribution < 1.29 is 17.8 Å². The van der Waals surface area contributed by atoms with Crippen LogP contribution in [0.1, 0.15) is 29.3 Å². The molecule has 0 aliphatic carbocycles. The molecule has 11 heteroatoms. The average molecular weight is 394 g/mol. The molecule has 0 spiro atoms. The Bertz CT molecular complexity index is 1040. The summed E-state index contributed by atoms with van der Waals surface area (Å²) in [6.45, 7) is 1.82. The maximum Gasteiger partial charge on any atom is 0.201 e. The minimum Gasteiger partial charge on any atom is -0.345 e. The van der Waals surface area contributed by atoms with Gasteiger partial charge < -0.3 is 15.1 Å². The monoisotopic (exact) mass is 394 g/mol. The van der Waals surface area contributed by atoms with E-state index in [0.717, 1.165) is 12.1 Å². The van der Waals surface area contributed by atoms with Crippen LogP contribution in [0.25, 0.3) is 11.0 Å². The summed E-state index contributed by atoms with van der Waals surface area (Å²) in [6.07, 6.45) is 3.10. The van der Waals surface area contributed by atoms with Crippen LogP contribution in [0.3, 0.4) is 0 Å². The zero-order valence-electron chi connectivity index (χ0n) is 14.2. The lowest BCUT2D eigenvalue weighted by Crippen LogP contribution is -2.14. The predicted molar refractivity (Wildman–Crippen MR) is 98.4 cm³/mol. The van der Waals surface area contributed by atoms with Crippen molar-refractivity contribution in [1.29, 1.82) is 0 Å². The molecule has 2 aromatic heterocycles. The molecule has 0 saturated carbocycles. The van der Waals surface area contributed by atoms with Gasteiger partial charge in [-0.25, -0.2) is 28.8 Å². The third-order valence-electron chi connectivity index (χ3n) is 3.78. The number of nitrogens with zero attached hydrogens (tertiary/aromatic N) is 2. The van der Waals surface area contributed by atoms with Crippen molar-refractivity contribution in [2.75, 3.05) is 15.9 Å². The molecule has 0 bridgehead atoms. The fourth-order valence-electron chi connectivity index (χ4n) is 2.58. The van der Waals surface area contributed by atoms with Crippen molar-refractivity contribution in [3.63, 3.8) is 0 Å². The van der Waals surface area contributed by atoms with Crippen LogP contribution in [0.4, 0.5) is 20.3 Å². The van der Waals surface area contributed by atoms with E-state index in [4.69, 9.17) is 5.84 Å². The number of fused-ring (bicyclic) bond motifs is 1. The molecule has 1 aromatic carbocycles. The number of nitrogens with one attached hydrogen (secondary N) is 3. The number of hydrogen-bond donors (Lipinski definition) is 4. The van der Waals surface area contributed by atoms with Crippen molar-refractivity contribution >= 4 is 39.3 Å². The number of anilines is 2. The quantitative estimate of drug-likeness (QED) is 0.277. The van der Waals surface area contributed by atoms with E-state index in [0.29, 0.717) is 6.42 Å². The molecule has 27 heavy (non-hydrogen) atoms. The van der Waals surface area contributed by atoms with Gasteiger partial charge in [-0.15, -0.1) is 0 Å². The summed E-state index contributed by atoms with van der Waals surface area (Å²) in [5.41, 5.74) is 1.55. The summed E-state index contributed by atoms with van der Waals surface area (Å²) >= 11 is 0. The van der Waals surface area contributed by atoms with E-state index >= 15 is 0 Å². The molecular weight excluding hydrogens is 378 g/mol. The molecule has 142 valence electrons. The van der Waals surface area contributed by atoms with Gasteiger partial charge in [0.2, 0.25) is 5.78 Å². The number of carbonyl (C=O) groups excluding carboxylic acids is 1. The number of benzene rings is 1. The maximum absolute atomic E-state index is 14.8. The highest BCUT2D eigenvalue weighted by molar-refractivity contribution is 7.86. The van der Waals surface area contributed by atoms with E-state index in [9.17, 15) is 17.8 Å². The van der Waals surface area contributed by atoms with Crippen molar-refractivity contribution in [2.24, 2.45) is 5.84 Å². The minimum atomic E-state index is -1.55. The van der Waals surface area contributed by atoms with E-state index in [1.54, 1.807) is 0 Å². The second kappa shape index (κ2) is 7.76. The number of hydrazine groups is 1. The summed E-state index contributed by atoms with van der Waals surface area (Å²) in [4.78, 5) is 23.5. The fraction of sp³-hybridized carbons (Fsp3) is 0.188. The highest BCUT2D eigenvalue weighted by atomic mass is 32.2. The lowest BCUT2D eigenvalue weighted by molar-refractivity contribution is 0.103. The zero-order chi connectivity index (χ0) is 19.6. The maximum atomic E-state index is 14.8. The first-order valence-electron chi connectivity index (χ1n) is 7.94. The van der Waals surface area contributed by atoms with Gasteiger partial charge in [-0.3, -0.25) is 4.79 Å². The van der Waals surface area contributed by atoms with Crippen LogP contribution in [0, 0.1) is 11.6 Å². The van der Waals surface area contributed by atoms with E-state index in [1.807, 2.05) is 6.92 Å². The first-order valence-corrected chi connectivity index (χ1v) is 9.26. The normalized spacial score (nSPS) is 12.1. The smallest absolute Gasteiger partial charge is 0.201 e. The van der Waals surface area contributed by atoms with Gasteiger partial charge in [-0.05, 0) is 18.6 Å². The molecular formula is C16H16F2N6O2S. The number of ketones is 1. The molecule has 0 saturated heterocycles. The van der Waals surface area contributed by atoms with Crippen LogP contribution < -0.4 is 16.0 Å². The molecule has 0 aliphatic rings. The number of aromatic amines is 1. The first kappa shape index (κ1) is 18.9. The van der Waals surface area contributed by atoms with Gasteiger partial charge in [-0.1, -0.05) is 6.92 Å². The van der Waals surface area contributed by atoms with Gasteiger partial charge in [0, 0.05) is 11.9 Å². The Morgan fingerprint density at radius 2 is 2.11 bits per heavy atom. The third-order valence-corrected chi connectivity index (χ3v) is 5.01. The second-order valence-corrected chi connectivity index (χ2v) is 6.86. The number of rotatable bonds is 7. The van der Waals surface area contributed by atoms with E-state index in [2.05, 4.69) is 25.1 Å². The average Bonchev–Trinajstić information content (AvgIpc) is 3.08. The molecule has 3 aromatic rings. The van der Waals surface area contributed by atoms with Crippen LogP contribution >= 0.6 is 0 Å². The molecule has 0 fully saturated rings. The van der Waals surface area contributed by atoms with E-state index in [-0.39, 0.29) is 33.9 Å². The number of aromatic nitrogens is 3. The lowest BCUT2D eigenvalue weighted by Gasteiger charge is -2.11. The van der Waals surface area contributed by atoms with Crippen LogP contribution in [0.2, 0.25) is 0 Å². The van der Waals surface area contributed by atoms with Crippen molar-refractivity contribution in [3.05, 3.63) is 47.4 Å². The Hall–Kier alpha value is -2.92. The lowest BCUT2D eigenvalue weighted by atomic mass is 10.0. The molecule has 5 N–H and O–H groups in total. The Morgan fingerprint density at radius 1 is 1.33 bits per heavy atom.